The standard InChI is InChI=1S/C29H32N4O9S2/c1-42-44(40,41)23-16-22(24-25(26(23)31)28(35)20-10-3-2-9-19(20)27(24)34)33-17-7-6-8-18(15-17)43(38,39)14-13-32-12-5-4-11-21(30)29(36)37/h2-3,6-10,15-16,21,32-33H,4-5,11-14,30-31H2,1H3,(H,36,37). The first-order valence-corrected chi connectivity index (χ1v) is 16.6. The molecule has 0 saturated carbocycles. The van der Waals surface area contributed by atoms with Gasteiger partial charge in [-0.05, 0) is 43.7 Å². The molecule has 44 heavy (non-hydrogen) atoms. The normalized spacial score (nSPS) is 13.7. The predicted octanol–water partition coefficient (Wildman–Crippen LogP) is 2.07. The van der Waals surface area contributed by atoms with E-state index in [0.29, 0.717) is 25.8 Å². The lowest BCUT2D eigenvalue weighted by atomic mass is 9.82. The van der Waals surface area contributed by atoms with Crippen molar-refractivity contribution in [2.45, 2.75) is 35.1 Å². The first-order chi connectivity index (χ1) is 20.8. The lowest BCUT2D eigenvalue weighted by Gasteiger charge is -2.24. The average Bonchev–Trinajstić information content (AvgIpc) is 2.99. The van der Waals surface area contributed by atoms with Gasteiger partial charge in [0.15, 0.2) is 21.4 Å². The molecule has 0 radical (unpaired) electrons. The van der Waals surface area contributed by atoms with Crippen molar-refractivity contribution in [2.75, 3.05) is 37.0 Å². The number of carboxylic acids is 1. The largest absolute Gasteiger partial charge is 0.480 e. The molecule has 3 aromatic carbocycles. The molecule has 15 heteroatoms. The van der Waals surface area contributed by atoms with E-state index in [1.54, 1.807) is 12.1 Å². The minimum atomic E-state index is -4.42. The second kappa shape index (κ2) is 13.2. The van der Waals surface area contributed by atoms with Crippen molar-refractivity contribution in [3.05, 3.63) is 76.9 Å². The van der Waals surface area contributed by atoms with Crippen LogP contribution in [0.25, 0.3) is 0 Å². The minimum absolute atomic E-state index is 0.0291. The van der Waals surface area contributed by atoms with E-state index in [-0.39, 0.29) is 50.8 Å². The molecule has 0 heterocycles. The molecule has 0 amide bonds. The van der Waals surface area contributed by atoms with Crippen molar-refractivity contribution in [1.29, 1.82) is 0 Å². The number of anilines is 3. The monoisotopic (exact) mass is 644 g/mol. The molecule has 0 aliphatic heterocycles. The second-order valence-corrected chi connectivity index (χ2v) is 13.9. The number of benzene rings is 3. The molecule has 0 spiro atoms. The average molecular weight is 645 g/mol. The van der Waals surface area contributed by atoms with Crippen molar-refractivity contribution in [2.24, 2.45) is 5.73 Å². The van der Waals surface area contributed by atoms with Crippen molar-refractivity contribution < 1.29 is 40.5 Å². The number of rotatable bonds is 14. The van der Waals surface area contributed by atoms with Gasteiger partial charge in [0.2, 0.25) is 0 Å². The Morgan fingerprint density at radius 1 is 0.932 bits per heavy atom. The summed E-state index contributed by atoms with van der Waals surface area (Å²) in [6.07, 6.45) is 1.51. The molecule has 234 valence electrons. The van der Waals surface area contributed by atoms with Gasteiger partial charge in [-0.25, -0.2) is 8.42 Å². The number of nitrogens with one attached hydrogen (secondary N) is 2. The Balaban J connectivity index is 1.59. The summed E-state index contributed by atoms with van der Waals surface area (Å²) in [5.74, 6) is -2.51. The molecule has 3 aromatic rings. The molecule has 1 aliphatic carbocycles. The Hall–Kier alpha value is -4.15. The predicted molar refractivity (Wildman–Crippen MR) is 162 cm³/mol. The van der Waals surface area contributed by atoms with Crippen LogP contribution >= 0.6 is 0 Å². The maximum atomic E-state index is 13.6. The quantitative estimate of drug-likeness (QED) is 0.0754. The number of aliphatic carboxylic acids is 1. The molecule has 0 fully saturated rings. The number of fused-ring (bicyclic) bond motifs is 2. The molecule has 0 aromatic heterocycles. The smallest absolute Gasteiger partial charge is 0.320 e. The van der Waals surface area contributed by atoms with Crippen LogP contribution in [0.2, 0.25) is 0 Å². The summed E-state index contributed by atoms with van der Waals surface area (Å²) in [4.78, 5) is 37.3. The van der Waals surface area contributed by atoms with E-state index < -0.39 is 54.1 Å². The molecule has 1 atom stereocenters. The first-order valence-electron chi connectivity index (χ1n) is 13.5. The van der Waals surface area contributed by atoms with Crippen LogP contribution in [0.4, 0.5) is 17.1 Å². The zero-order valence-electron chi connectivity index (χ0n) is 23.7. The lowest BCUT2D eigenvalue weighted by Crippen LogP contribution is -2.30. The fourth-order valence-corrected chi connectivity index (χ4v) is 6.85. The van der Waals surface area contributed by atoms with Crippen LogP contribution in [0.1, 0.15) is 51.1 Å². The fraction of sp³-hybridized carbons (Fsp3) is 0.276. The molecule has 1 unspecified atom stereocenters. The fourth-order valence-electron chi connectivity index (χ4n) is 4.80. The van der Waals surface area contributed by atoms with Crippen molar-refractivity contribution >= 4 is 54.6 Å². The van der Waals surface area contributed by atoms with E-state index in [2.05, 4.69) is 14.8 Å². The van der Waals surface area contributed by atoms with E-state index in [1.165, 1.54) is 36.4 Å². The van der Waals surface area contributed by atoms with Crippen molar-refractivity contribution in [3.8, 4) is 0 Å². The van der Waals surface area contributed by atoms with Gasteiger partial charge in [-0.2, -0.15) is 8.42 Å². The number of nitrogen functional groups attached to an aromatic ring is 1. The molecule has 0 saturated heterocycles. The number of unbranched alkanes of at least 4 members (excludes halogenated alkanes) is 1. The van der Waals surface area contributed by atoms with Gasteiger partial charge < -0.3 is 27.2 Å². The number of carbonyl (C=O) groups is 3. The summed E-state index contributed by atoms with van der Waals surface area (Å²) >= 11 is 0. The first kappa shape index (κ1) is 32.8. The van der Waals surface area contributed by atoms with Crippen LogP contribution in [0.3, 0.4) is 0 Å². The van der Waals surface area contributed by atoms with Crippen molar-refractivity contribution in [3.63, 3.8) is 0 Å². The number of hydrogen-bond acceptors (Lipinski definition) is 12. The third kappa shape index (κ3) is 6.81. The molecule has 13 nitrogen and oxygen atoms in total. The molecule has 4 rings (SSSR count). The van der Waals surface area contributed by atoms with Gasteiger partial charge >= 0.3 is 5.97 Å². The number of carboxylic acid groups (broad SMARTS) is 1. The summed E-state index contributed by atoms with van der Waals surface area (Å²) in [7, 11) is -7.25. The van der Waals surface area contributed by atoms with Gasteiger partial charge in [0.1, 0.15) is 10.9 Å². The van der Waals surface area contributed by atoms with Crippen LogP contribution in [0.15, 0.2) is 64.4 Å². The van der Waals surface area contributed by atoms with E-state index in [4.69, 9.17) is 16.6 Å². The molecular weight excluding hydrogens is 612 g/mol. The van der Waals surface area contributed by atoms with Gasteiger partial charge in [-0.15, -0.1) is 0 Å². The number of nitrogens with two attached hydrogens (primary N) is 2. The topological polar surface area (TPSA) is 225 Å². The maximum absolute atomic E-state index is 13.6. The zero-order valence-corrected chi connectivity index (χ0v) is 25.3. The highest BCUT2D eigenvalue weighted by Crippen LogP contribution is 2.40. The third-order valence-corrected chi connectivity index (χ3v) is 10.2. The third-order valence-electron chi connectivity index (χ3n) is 7.14. The number of carbonyl (C=O) groups excluding carboxylic acids is 2. The van der Waals surface area contributed by atoms with Gasteiger partial charge in [0.25, 0.3) is 10.1 Å². The number of hydrogen-bond donors (Lipinski definition) is 5. The minimum Gasteiger partial charge on any atom is -0.480 e. The van der Waals surface area contributed by atoms with E-state index >= 15 is 0 Å². The van der Waals surface area contributed by atoms with Crippen LogP contribution in [0.5, 0.6) is 0 Å². The summed E-state index contributed by atoms with van der Waals surface area (Å²) in [5, 5.41) is 14.8. The van der Waals surface area contributed by atoms with E-state index in [0.717, 1.165) is 13.2 Å². The van der Waals surface area contributed by atoms with Gasteiger partial charge in [0.05, 0.1) is 40.3 Å². The van der Waals surface area contributed by atoms with Crippen LogP contribution < -0.4 is 22.1 Å². The van der Waals surface area contributed by atoms with E-state index in [9.17, 15) is 31.2 Å². The Kier molecular flexibility index (Phi) is 9.85. The van der Waals surface area contributed by atoms with Gasteiger partial charge in [0, 0.05) is 23.4 Å². The van der Waals surface area contributed by atoms with E-state index in [1.807, 2.05) is 0 Å². The highest BCUT2D eigenvalue weighted by molar-refractivity contribution is 7.91. The van der Waals surface area contributed by atoms with Gasteiger partial charge in [-0.1, -0.05) is 36.8 Å². The maximum Gasteiger partial charge on any atom is 0.320 e. The Morgan fingerprint density at radius 3 is 2.23 bits per heavy atom. The Morgan fingerprint density at radius 2 is 1.59 bits per heavy atom. The molecular formula is C29H32N4O9S2. The number of sulfone groups is 1. The SMILES string of the molecule is COS(=O)(=O)c1cc(Nc2cccc(S(=O)(=O)CCNCCCCC(N)C(=O)O)c2)c2c(c1N)C(=O)c1ccccc1C2=O. The molecule has 7 N–H and O–H groups in total. The summed E-state index contributed by atoms with van der Waals surface area (Å²) in [6.45, 7) is 0.624. The summed E-state index contributed by atoms with van der Waals surface area (Å²) < 4.78 is 56.2. The highest BCUT2D eigenvalue weighted by Gasteiger charge is 2.37. The van der Waals surface area contributed by atoms with Crippen molar-refractivity contribution in [1.82, 2.24) is 5.32 Å². The Bertz CT molecular complexity index is 1840. The molecule has 0 bridgehead atoms. The van der Waals surface area contributed by atoms with Crippen LogP contribution in [-0.2, 0) is 28.9 Å². The number of ketones is 2. The summed E-state index contributed by atoms with van der Waals surface area (Å²) in [6, 6.07) is 12.0. The highest BCUT2D eigenvalue weighted by atomic mass is 32.2. The molecule has 1 aliphatic rings. The van der Waals surface area contributed by atoms with Crippen LogP contribution in [-0.4, -0.2) is 71.5 Å². The lowest BCUT2D eigenvalue weighted by molar-refractivity contribution is -0.138. The van der Waals surface area contributed by atoms with Gasteiger partial charge in [-0.3, -0.25) is 18.6 Å². The van der Waals surface area contributed by atoms with Crippen LogP contribution in [0, 0.1) is 0 Å². The summed E-state index contributed by atoms with van der Waals surface area (Å²) in [5.41, 5.74) is 11.1. The second-order valence-electron chi connectivity index (χ2n) is 10.1. The zero-order chi connectivity index (χ0) is 32.2. The Labute approximate surface area is 254 Å².